The van der Waals surface area contributed by atoms with Crippen molar-refractivity contribution in [1.29, 1.82) is 0 Å². The van der Waals surface area contributed by atoms with Crippen LogP contribution in [-0.2, 0) is 22.5 Å². The molecule has 2 aliphatic heterocycles. The third kappa shape index (κ3) is 7.63. The number of pyridine rings is 1. The Morgan fingerprint density at radius 2 is 1.86 bits per heavy atom. The number of aliphatic carboxylic acids is 1. The first-order chi connectivity index (χ1) is 20.8. The van der Waals surface area contributed by atoms with Gasteiger partial charge in [-0.15, -0.1) is 11.8 Å². The normalized spacial score (nSPS) is 17.8. The summed E-state index contributed by atoms with van der Waals surface area (Å²) in [5.74, 6) is -2.60. The average molecular weight is 618 g/mol. The number of thioether (sulfide) groups is 1. The van der Waals surface area contributed by atoms with E-state index in [1.807, 2.05) is 24.4 Å². The number of likely N-dealkylation sites (tertiary alicyclic amines) is 1. The van der Waals surface area contributed by atoms with Crippen molar-refractivity contribution in [3.05, 3.63) is 65.1 Å². The molecule has 1 aromatic heterocycles. The number of morpholine rings is 1. The number of carboxylic acids is 1. The fourth-order valence-corrected chi connectivity index (χ4v) is 7.12. The van der Waals surface area contributed by atoms with Crippen LogP contribution < -0.4 is 4.74 Å². The lowest BCUT2D eigenvalue weighted by Gasteiger charge is -2.39. The van der Waals surface area contributed by atoms with Crippen LogP contribution in [0.25, 0.3) is 10.9 Å². The van der Waals surface area contributed by atoms with Crippen LogP contribution in [0, 0.1) is 22.9 Å². The molecule has 232 valence electrons. The highest BCUT2D eigenvalue weighted by Gasteiger charge is 2.40. The minimum atomic E-state index is -1.20. The number of nitrogens with zero attached hydrogens (tertiary/aromatic N) is 3. The van der Waals surface area contributed by atoms with Gasteiger partial charge in [-0.05, 0) is 80.6 Å². The number of methoxy groups -OCH3 is 1. The first-order valence-electron chi connectivity index (χ1n) is 14.8. The van der Waals surface area contributed by atoms with Crippen molar-refractivity contribution < 1.29 is 32.5 Å². The molecule has 2 fully saturated rings. The molecular formula is C32H38F3N3O4S. The van der Waals surface area contributed by atoms with E-state index in [0.717, 1.165) is 72.5 Å². The van der Waals surface area contributed by atoms with Crippen LogP contribution in [0.15, 0.2) is 41.4 Å². The predicted molar refractivity (Wildman–Crippen MR) is 160 cm³/mol. The molecule has 2 saturated heterocycles. The largest absolute Gasteiger partial charge is 0.497 e. The Hall–Kier alpha value is -2.86. The first kappa shape index (κ1) is 31.6. The van der Waals surface area contributed by atoms with Gasteiger partial charge in [0.1, 0.15) is 11.6 Å². The van der Waals surface area contributed by atoms with Gasteiger partial charge in [0.15, 0.2) is 11.6 Å². The molecule has 1 N–H and O–H groups in total. The third-order valence-electron chi connectivity index (χ3n) is 8.75. The monoisotopic (exact) mass is 617 g/mol. The topological polar surface area (TPSA) is 75.1 Å². The minimum absolute atomic E-state index is 0.0522. The van der Waals surface area contributed by atoms with Gasteiger partial charge in [0.2, 0.25) is 0 Å². The summed E-state index contributed by atoms with van der Waals surface area (Å²) in [5.41, 5.74) is 2.41. The van der Waals surface area contributed by atoms with Crippen LogP contribution in [-0.4, -0.2) is 84.7 Å². The number of carbonyl (C=O) groups is 1. The highest BCUT2D eigenvalue weighted by Crippen LogP contribution is 2.38. The summed E-state index contributed by atoms with van der Waals surface area (Å²) in [4.78, 5) is 21.7. The van der Waals surface area contributed by atoms with Crippen LogP contribution in [0.2, 0.25) is 0 Å². The van der Waals surface area contributed by atoms with E-state index in [4.69, 9.17) is 14.5 Å². The molecular weight excluding hydrogens is 579 g/mol. The second kappa shape index (κ2) is 14.3. The maximum absolute atomic E-state index is 14.0. The van der Waals surface area contributed by atoms with Crippen LogP contribution in [0.5, 0.6) is 5.75 Å². The van der Waals surface area contributed by atoms with Crippen molar-refractivity contribution in [2.24, 2.45) is 5.41 Å². The molecule has 3 aromatic rings. The van der Waals surface area contributed by atoms with E-state index in [9.17, 15) is 23.1 Å². The van der Waals surface area contributed by atoms with Crippen molar-refractivity contribution in [2.75, 3.05) is 58.8 Å². The maximum Gasteiger partial charge on any atom is 0.309 e. The summed E-state index contributed by atoms with van der Waals surface area (Å²) in [6.45, 7) is 5.69. The molecule has 0 bridgehead atoms. The highest BCUT2D eigenvalue weighted by atomic mass is 32.2. The third-order valence-corrected chi connectivity index (χ3v) is 9.74. The Kier molecular flexibility index (Phi) is 10.5. The number of fused-ring (bicyclic) bond motifs is 1. The maximum atomic E-state index is 14.0. The van der Waals surface area contributed by atoms with Crippen molar-refractivity contribution in [2.45, 2.75) is 43.5 Å². The van der Waals surface area contributed by atoms with Gasteiger partial charge in [-0.1, -0.05) is 0 Å². The average Bonchev–Trinajstić information content (AvgIpc) is 3.01. The van der Waals surface area contributed by atoms with E-state index in [-0.39, 0.29) is 4.90 Å². The molecule has 43 heavy (non-hydrogen) atoms. The number of hydrogen-bond acceptors (Lipinski definition) is 7. The molecule has 5 rings (SSSR count). The van der Waals surface area contributed by atoms with Gasteiger partial charge >= 0.3 is 5.97 Å². The van der Waals surface area contributed by atoms with Crippen LogP contribution in [0.4, 0.5) is 13.2 Å². The fraction of sp³-hybridized carbons (Fsp3) is 0.500. The van der Waals surface area contributed by atoms with Crippen molar-refractivity contribution >= 4 is 28.6 Å². The number of aryl methyl sites for hydroxylation is 1. The molecule has 3 heterocycles. The number of aromatic nitrogens is 1. The number of piperidine rings is 1. The Bertz CT molecular complexity index is 1430. The summed E-state index contributed by atoms with van der Waals surface area (Å²) >= 11 is 1.07. The van der Waals surface area contributed by atoms with E-state index >= 15 is 0 Å². The van der Waals surface area contributed by atoms with Gasteiger partial charge < -0.3 is 19.5 Å². The van der Waals surface area contributed by atoms with Gasteiger partial charge in [0, 0.05) is 54.5 Å². The number of rotatable bonds is 12. The second-order valence-corrected chi connectivity index (χ2v) is 12.5. The van der Waals surface area contributed by atoms with Gasteiger partial charge in [0.25, 0.3) is 0 Å². The summed E-state index contributed by atoms with van der Waals surface area (Å²) in [5, 5.41) is 11.3. The van der Waals surface area contributed by atoms with E-state index in [1.54, 1.807) is 7.11 Å². The highest BCUT2D eigenvalue weighted by molar-refractivity contribution is 7.99. The zero-order chi connectivity index (χ0) is 30.4. The molecule has 0 atom stereocenters. The minimum Gasteiger partial charge on any atom is -0.497 e. The predicted octanol–water partition coefficient (Wildman–Crippen LogP) is 5.77. The Balaban J connectivity index is 1.22. The number of ether oxygens (including phenoxy) is 2. The summed E-state index contributed by atoms with van der Waals surface area (Å²) in [6.07, 6.45) is 5.00. The van der Waals surface area contributed by atoms with E-state index in [0.29, 0.717) is 63.9 Å². The quantitative estimate of drug-likeness (QED) is 0.203. The molecule has 7 nitrogen and oxygen atoms in total. The summed E-state index contributed by atoms with van der Waals surface area (Å²) in [6, 6.07) is 7.42. The molecule has 11 heteroatoms. The molecule has 0 radical (unpaired) electrons. The van der Waals surface area contributed by atoms with E-state index in [1.165, 1.54) is 5.56 Å². The first-order valence-corrected chi connectivity index (χ1v) is 15.7. The molecule has 0 spiro atoms. The van der Waals surface area contributed by atoms with Crippen LogP contribution in [0.3, 0.4) is 0 Å². The standard InChI is InChI=1S/C32H38F3N3O4S/c1-41-24-4-5-28-26(19-24)25(22(20-36-28)21-38-11-14-42-15-12-38)3-2-6-32(31(39)40)7-9-37(10-8-32)13-16-43-29-18-23(33)17-27(34)30(29)35/h4-5,17-20H,2-3,6-16,21H2,1H3,(H,39,40). The second-order valence-electron chi connectivity index (χ2n) is 11.4. The van der Waals surface area contributed by atoms with Crippen molar-refractivity contribution in [3.8, 4) is 5.75 Å². The lowest BCUT2D eigenvalue weighted by atomic mass is 9.74. The van der Waals surface area contributed by atoms with Crippen LogP contribution >= 0.6 is 11.8 Å². The Morgan fingerprint density at radius 1 is 1.09 bits per heavy atom. The Labute approximate surface area is 254 Å². The van der Waals surface area contributed by atoms with Crippen molar-refractivity contribution in [3.63, 3.8) is 0 Å². The van der Waals surface area contributed by atoms with Gasteiger partial charge in [-0.25, -0.2) is 13.2 Å². The zero-order valence-corrected chi connectivity index (χ0v) is 25.2. The number of benzene rings is 2. The zero-order valence-electron chi connectivity index (χ0n) is 24.4. The van der Waals surface area contributed by atoms with Crippen LogP contribution in [0.1, 0.15) is 36.8 Å². The number of halogens is 3. The van der Waals surface area contributed by atoms with Gasteiger partial charge in [-0.3, -0.25) is 14.7 Å². The SMILES string of the molecule is COc1ccc2ncc(CN3CCOCC3)c(CCCC3(C(=O)O)CCN(CCSc4cc(F)cc(F)c4F)CC3)c2c1. The molecule has 0 amide bonds. The van der Waals surface area contributed by atoms with E-state index < -0.39 is 28.8 Å². The molecule has 0 saturated carbocycles. The lowest BCUT2D eigenvalue weighted by molar-refractivity contribution is -0.152. The molecule has 2 aromatic carbocycles. The summed E-state index contributed by atoms with van der Waals surface area (Å²) in [7, 11) is 1.65. The molecule has 0 unspecified atom stereocenters. The number of carboxylic acid groups (broad SMARTS) is 1. The lowest BCUT2D eigenvalue weighted by Crippen LogP contribution is -2.45. The van der Waals surface area contributed by atoms with Gasteiger partial charge in [0.05, 0.1) is 31.3 Å². The van der Waals surface area contributed by atoms with Crippen molar-refractivity contribution in [1.82, 2.24) is 14.8 Å². The molecule has 2 aliphatic rings. The number of hydrogen-bond donors (Lipinski definition) is 1. The Morgan fingerprint density at radius 3 is 2.58 bits per heavy atom. The smallest absolute Gasteiger partial charge is 0.309 e. The molecule has 0 aliphatic carbocycles. The van der Waals surface area contributed by atoms with Gasteiger partial charge in [-0.2, -0.15) is 0 Å². The fourth-order valence-electron chi connectivity index (χ4n) is 6.13. The summed E-state index contributed by atoms with van der Waals surface area (Å²) < 4.78 is 52.0. The van der Waals surface area contributed by atoms with E-state index in [2.05, 4.69) is 9.80 Å².